The third-order valence-corrected chi connectivity index (χ3v) is 5.02. The summed E-state index contributed by atoms with van der Waals surface area (Å²) >= 11 is 0. The number of hydrogen-bond acceptors (Lipinski definition) is 3. The van der Waals surface area contributed by atoms with Crippen LogP contribution in [0.25, 0.3) is 0 Å². The molecule has 0 aliphatic carbocycles. The van der Waals surface area contributed by atoms with Crippen LogP contribution in [0.1, 0.15) is 59.3 Å². The molecule has 1 aliphatic rings. The normalized spacial score (nSPS) is 26.1. The Morgan fingerprint density at radius 1 is 1.21 bits per heavy atom. The van der Waals surface area contributed by atoms with E-state index < -0.39 is 0 Å². The van der Waals surface area contributed by atoms with Gasteiger partial charge in [0.1, 0.15) is 0 Å². The van der Waals surface area contributed by atoms with Gasteiger partial charge in [0.25, 0.3) is 0 Å². The van der Waals surface area contributed by atoms with Gasteiger partial charge in [-0.2, -0.15) is 0 Å². The van der Waals surface area contributed by atoms with Gasteiger partial charge < -0.3 is 10.6 Å². The molecule has 2 unspecified atom stereocenters. The highest BCUT2D eigenvalue weighted by atomic mass is 15.3. The fraction of sp³-hybridized carbons (Fsp3) is 1.00. The standard InChI is InChI=1S/C16H35N3/c1-5-8-10-16(7-3,14-17)19-12-9-11-18(4)13-15(19)6-2/h15H,5-14,17H2,1-4H3. The average molecular weight is 269 g/mol. The van der Waals surface area contributed by atoms with Gasteiger partial charge in [-0.3, -0.25) is 4.90 Å². The zero-order chi connectivity index (χ0) is 14.3. The molecule has 0 aromatic carbocycles. The second-order valence-corrected chi connectivity index (χ2v) is 6.26. The van der Waals surface area contributed by atoms with E-state index in [2.05, 4.69) is 37.6 Å². The summed E-state index contributed by atoms with van der Waals surface area (Å²) in [6.07, 6.45) is 7.53. The van der Waals surface area contributed by atoms with E-state index in [0.717, 1.165) is 6.54 Å². The average Bonchev–Trinajstić information content (AvgIpc) is 2.63. The highest BCUT2D eigenvalue weighted by Crippen LogP contribution is 2.30. The minimum atomic E-state index is 0.238. The zero-order valence-corrected chi connectivity index (χ0v) is 13.6. The Hall–Kier alpha value is -0.120. The summed E-state index contributed by atoms with van der Waals surface area (Å²) in [4.78, 5) is 5.26. The van der Waals surface area contributed by atoms with Crippen LogP contribution in [0.15, 0.2) is 0 Å². The van der Waals surface area contributed by atoms with Crippen LogP contribution in [0.3, 0.4) is 0 Å². The van der Waals surface area contributed by atoms with Gasteiger partial charge in [-0.05, 0) is 39.3 Å². The summed E-state index contributed by atoms with van der Waals surface area (Å²) in [6, 6.07) is 0.674. The second kappa shape index (κ2) is 8.23. The topological polar surface area (TPSA) is 32.5 Å². The van der Waals surface area contributed by atoms with Gasteiger partial charge in [-0.1, -0.05) is 33.6 Å². The molecular weight excluding hydrogens is 234 g/mol. The van der Waals surface area contributed by atoms with Crippen molar-refractivity contribution in [3.8, 4) is 0 Å². The molecular formula is C16H35N3. The number of hydrogen-bond donors (Lipinski definition) is 1. The SMILES string of the molecule is CCCCC(CC)(CN)N1CCCN(C)CC1CC. The first-order valence-electron chi connectivity index (χ1n) is 8.28. The molecule has 0 spiro atoms. The van der Waals surface area contributed by atoms with Gasteiger partial charge in [-0.15, -0.1) is 0 Å². The quantitative estimate of drug-likeness (QED) is 0.771. The molecule has 114 valence electrons. The lowest BCUT2D eigenvalue weighted by Crippen LogP contribution is -2.58. The maximum atomic E-state index is 6.24. The maximum Gasteiger partial charge on any atom is 0.0332 e. The van der Waals surface area contributed by atoms with Crippen LogP contribution < -0.4 is 5.73 Å². The molecule has 1 heterocycles. The van der Waals surface area contributed by atoms with Crippen LogP contribution in [0.4, 0.5) is 0 Å². The van der Waals surface area contributed by atoms with Crippen molar-refractivity contribution < 1.29 is 0 Å². The number of unbranched alkanes of at least 4 members (excludes halogenated alkanes) is 1. The Labute approximate surface area is 120 Å². The molecule has 0 amide bonds. The largest absolute Gasteiger partial charge is 0.329 e. The third kappa shape index (κ3) is 4.17. The van der Waals surface area contributed by atoms with E-state index in [0.29, 0.717) is 6.04 Å². The Morgan fingerprint density at radius 3 is 2.47 bits per heavy atom. The summed E-state index contributed by atoms with van der Waals surface area (Å²) in [7, 11) is 2.26. The number of nitrogens with zero attached hydrogens (tertiary/aromatic N) is 2. The summed E-state index contributed by atoms with van der Waals surface area (Å²) in [5.74, 6) is 0. The van der Waals surface area contributed by atoms with Crippen molar-refractivity contribution in [1.29, 1.82) is 0 Å². The highest BCUT2D eigenvalue weighted by molar-refractivity contribution is 4.95. The third-order valence-electron chi connectivity index (χ3n) is 5.02. The van der Waals surface area contributed by atoms with Crippen molar-refractivity contribution in [1.82, 2.24) is 9.80 Å². The number of rotatable bonds is 7. The molecule has 1 saturated heterocycles. The van der Waals surface area contributed by atoms with Gasteiger partial charge in [-0.25, -0.2) is 0 Å². The molecule has 0 aromatic rings. The zero-order valence-electron chi connectivity index (χ0n) is 13.6. The van der Waals surface area contributed by atoms with Gasteiger partial charge in [0.2, 0.25) is 0 Å². The Balaban J connectivity index is 2.89. The molecule has 2 atom stereocenters. The van der Waals surface area contributed by atoms with Crippen LogP contribution >= 0.6 is 0 Å². The summed E-state index contributed by atoms with van der Waals surface area (Å²) < 4.78 is 0. The van der Waals surface area contributed by atoms with Gasteiger partial charge in [0.15, 0.2) is 0 Å². The van der Waals surface area contributed by atoms with E-state index >= 15 is 0 Å². The van der Waals surface area contributed by atoms with Crippen molar-refractivity contribution in [2.24, 2.45) is 5.73 Å². The van der Waals surface area contributed by atoms with Crippen LogP contribution in [0.2, 0.25) is 0 Å². The molecule has 0 bridgehead atoms. The van der Waals surface area contributed by atoms with E-state index in [4.69, 9.17) is 5.73 Å². The molecule has 1 aliphatic heterocycles. The first-order valence-corrected chi connectivity index (χ1v) is 8.28. The predicted octanol–water partition coefficient (Wildman–Crippen LogP) is 2.70. The van der Waals surface area contributed by atoms with Gasteiger partial charge in [0, 0.05) is 31.2 Å². The minimum Gasteiger partial charge on any atom is -0.329 e. The summed E-state index contributed by atoms with van der Waals surface area (Å²) in [5, 5.41) is 0. The van der Waals surface area contributed by atoms with E-state index in [1.807, 2.05) is 0 Å². The molecule has 3 nitrogen and oxygen atoms in total. The molecule has 0 saturated carbocycles. The van der Waals surface area contributed by atoms with E-state index in [1.165, 1.54) is 58.2 Å². The second-order valence-electron chi connectivity index (χ2n) is 6.26. The summed E-state index contributed by atoms with van der Waals surface area (Å²) in [5.41, 5.74) is 6.48. The minimum absolute atomic E-state index is 0.238. The fourth-order valence-electron chi connectivity index (χ4n) is 3.61. The summed E-state index contributed by atoms with van der Waals surface area (Å²) in [6.45, 7) is 11.4. The number of nitrogens with two attached hydrogens (primary N) is 1. The Bertz CT molecular complexity index is 238. The van der Waals surface area contributed by atoms with Crippen molar-refractivity contribution in [2.45, 2.75) is 70.9 Å². The molecule has 1 rings (SSSR count). The maximum absolute atomic E-state index is 6.24. The molecule has 1 fully saturated rings. The van der Waals surface area contributed by atoms with Crippen LogP contribution in [-0.2, 0) is 0 Å². The van der Waals surface area contributed by atoms with Crippen molar-refractivity contribution in [3.05, 3.63) is 0 Å². The molecule has 19 heavy (non-hydrogen) atoms. The predicted molar refractivity (Wildman–Crippen MR) is 84.5 cm³/mol. The smallest absolute Gasteiger partial charge is 0.0332 e. The Morgan fingerprint density at radius 2 is 1.95 bits per heavy atom. The van der Waals surface area contributed by atoms with E-state index in [1.54, 1.807) is 0 Å². The van der Waals surface area contributed by atoms with E-state index in [9.17, 15) is 0 Å². The Kier molecular flexibility index (Phi) is 7.33. The van der Waals surface area contributed by atoms with Crippen molar-refractivity contribution in [2.75, 3.05) is 33.2 Å². The lowest BCUT2D eigenvalue weighted by atomic mass is 9.85. The first-order chi connectivity index (χ1) is 9.13. The van der Waals surface area contributed by atoms with Crippen LogP contribution in [0, 0.1) is 0 Å². The lowest BCUT2D eigenvalue weighted by molar-refractivity contribution is 0.0349. The number of likely N-dealkylation sites (N-methyl/N-ethyl adjacent to an activating group) is 1. The molecule has 2 N–H and O–H groups in total. The van der Waals surface area contributed by atoms with Crippen molar-refractivity contribution >= 4 is 0 Å². The van der Waals surface area contributed by atoms with E-state index in [-0.39, 0.29) is 5.54 Å². The lowest BCUT2D eigenvalue weighted by Gasteiger charge is -2.47. The highest BCUT2D eigenvalue weighted by Gasteiger charge is 2.38. The van der Waals surface area contributed by atoms with Gasteiger partial charge >= 0.3 is 0 Å². The fourth-order valence-corrected chi connectivity index (χ4v) is 3.61. The van der Waals surface area contributed by atoms with Crippen LogP contribution in [-0.4, -0.2) is 54.6 Å². The van der Waals surface area contributed by atoms with Crippen LogP contribution in [0.5, 0.6) is 0 Å². The first kappa shape index (κ1) is 16.9. The van der Waals surface area contributed by atoms with Crippen molar-refractivity contribution in [3.63, 3.8) is 0 Å². The monoisotopic (exact) mass is 269 g/mol. The molecule has 0 aromatic heterocycles. The van der Waals surface area contributed by atoms with Gasteiger partial charge in [0.05, 0.1) is 0 Å². The molecule has 3 heteroatoms. The molecule has 0 radical (unpaired) electrons.